The summed E-state index contributed by atoms with van der Waals surface area (Å²) in [4.78, 5) is 19.2. The molecule has 4 nitrogen and oxygen atoms in total. The molecule has 0 fully saturated rings. The molecule has 0 saturated carbocycles. The number of hydrogen-bond donors (Lipinski definition) is 0. The fourth-order valence-corrected chi connectivity index (χ4v) is 2.75. The maximum atomic E-state index is 12.7. The van der Waals surface area contributed by atoms with Gasteiger partial charge in [-0.15, -0.1) is 0 Å². The zero-order valence-corrected chi connectivity index (χ0v) is 13.1. The number of nitrogens with zero attached hydrogens (tertiary/aromatic N) is 3. The van der Waals surface area contributed by atoms with Crippen molar-refractivity contribution in [3.63, 3.8) is 0 Å². The zero-order chi connectivity index (χ0) is 14.9. The summed E-state index contributed by atoms with van der Waals surface area (Å²) in [5.74, 6) is 0. The van der Waals surface area contributed by atoms with Gasteiger partial charge in [0.1, 0.15) is 0 Å². The summed E-state index contributed by atoms with van der Waals surface area (Å²) in [6, 6.07) is 3.66. The molecule has 0 bridgehead atoms. The minimum Gasteiger partial charge on any atom is -0.307 e. The van der Waals surface area contributed by atoms with Crippen LogP contribution in [0.15, 0.2) is 23.3 Å². The highest BCUT2D eigenvalue weighted by molar-refractivity contribution is 6.31. The summed E-state index contributed by atoms with van der Waals surface area (Å²) in [5, 5.41) is 1.17. The molecule has 0 aliphatic heterocycles. The van der Waals surface area contributed by atoms with E-state index in [0.29, 0.717) is 10.4 Å². The van der Waals surface area contributed by atoms with Gasteiger partial charge in [-0.25, -0.2) is 4.98 Å². The highest BCUT2D eigenvalue weighted by atomic mass is 35.5. The first-order chi connectivity index (χ1) is 9.43. The van der Waals surface area contributed by atoms with Crippen molar-refractivity contribution >= 4 is 22.5 Å². The smallest absolute Gasteiger partial charge is 0.261 e. The Morgan fingerprint density at radius 1 is 1.40 bits per heavy atom. The molecule has 2 rings (SSSR count). The quantitative estimate of drug-likeness (QED) is 0.870. The van der Waals surface area contributed by atoms with Gasteiger partial charge >= 0.3 is 0 Å². The van der Waals surface area contributed by atoms with Crippen LogP contribution in [0.4, 0.5) is 0 Å². The molecule has 0 saturated heterocycles. The van der Waals surface area contributed by atoms with E-state index < -0.39 is 0 Å². The third kappa shape index (κ3) is 2.86. The van der Waals surface area contributed by atoms with Crippen LogP contribution in [-0.2, 0) is 0 Å². The predicted molar refractivity (Wildman–Crippen MR) is 83.6 cm³/mol. The average molecular weight is 294 g/mol. The number of benzene rings is 1. The van der Waals surface area contributed by atoms with Crippen molar-refractivity contribution in [3.05, 3.63) is 39.4 Å². The molecule has 108 valence electrons. The normalized spacial score (nSPS) is 13.1. The highest BCUT2D eigenvalue weighted by Gasteiger charge is 2.14. The minimum atomic E-state index is -0.0192. The van der Waals surface area contributed by atoms with Crippen molar-refractivity contribution in [2.24, 2.45) is 0 Å². The van der Waals surface area contributed by atoms with Gasteiger partial charge in [0.05, 0.1) is 23.3 Å². The van der Waals surface area contributed by atoms with E-state index in [2.05, 4.69) is 16.8 Å². The van der Waals surface area contributed by atoms with Gasteiger partial charge in [-0.05, 0) is 45.1 Å². The van der Waals surface area contributed by atoms with Crippen molar-refractivity contribution in [2.75, 3.05) is 20.6 Å². The number of halogens is 1. The van der Waals surface area contributed by atoms with Crippen LogP contribution in [0, 0.1) is 6.92 Å². The summed E-state index contributed by atoms with van der Waals surface area (Å²) in [5.41, 5.74) is 1.64. The number of aryl methyl sites for hydroxylation is 1. The van der Waals surface area contributed by atoms with Gasteiger partial charge in [-0.3, -0.25) is 9.36 Å². The van der Waals surface area contributed by atoms with Gasteiger partial charge in [0.2, 0.25) is 0 Å². The number of likely N-dealkylation sites (N-methyl/N-ethyl adjacent to an activating group) is 1. The monoisotopic (exact) mass is 293 g/mol. The second-order valence-corrected chi connectivity index (χ2v) is 5.84. The summed E-state index contributed by atoms with van der Waals surface area (Å²) in [6.45, 7) is 4.80. The molecule has 2 aromatic rings. The van der Waals surface area contributed by atoms with Crippen LogP contribution in [0.25, 0.3) is 10.9 Å². The molecule has 0 aliphatic rings. The molecular weight excluding hydrogens is 274 g/mol. The lowest BCUT2D eigenvalue weighted by molar-refractivity contribution is 0.311. The number of fused-ring (bicyclic) bond motifs is 1. The summed E-state index contributed by atoms with van der Waals surface area (Å²) < 4.78 is 1.72. The Labute approximate surface area is 124 Å². The molecule has 0 radical (unpaired) electrons. The van der Waals surface area contributed by atoms with Gasteiger partial charge < -0.3 is 4.90 Å². The van der Waals surface area contributed by atoms with Crippen molar-refractivity contribution in [3.8, 4) is 0 Å². The van der Waals surface area contributed by atoms with Crippen LogP contribution in [-0.4, -0.2) is 35.1 Å². The maximum Gasteiger partial charge on any atom is 0.261 e. The van der Waals surface area contributed by atoms with E-state index in [1.165, 1.54) is 0 Å². The lowest BCUT2D eigenvalue weighted by Gasteiger charge is -2.22. The Kier molecular flexibility index (Phi) is 4.45. The van der Waals surface area contributed by atoms with E-state index in [0.717, 1.165) is 24.0 Å². The van der Waals surface area contributed by atoms with Crippen LogP contribution in [0.1, 0.15) is 24.9 Å². The van der Waals surface area contributed by atoms with E-state index in [1.54, 1.807) is 17.0 Å². The van der Waals surface area contributed by atoms with E-state index in [1.807, 2.05) is 27.1 Å². The molecule has 0 spiro atoms. The second kappa shape index (κ2) is 5.94. The molecule has 1 heterocycles. The Hall–Kier alpha value is -1.39. The lowest BCUT2D eigenvalue weighted by atomic mass is 10.1. The molecule has 1 atom stereocenters. The Morgan fingerprint density at radius 3 is 2.70 bits per heavy atom. The predicted octanol–water partition coefficient (Wildman–Crippen LogP) is 2.87. The minimum absolute atomic E-state index is 0.0192. The molecule has 1 aromatic heterocycles. The van der Waals surface area contributed by atoms with Crippen molar-refractivity contribution < 1.29 is 0 Å². The molecule has 0 amide bonds. The lowest BCUT2D eigenvalue weighted by Crippen LogP contribution is -2.31. The van der Waals surface area contributed by atoms with Crippen molar-refractivity contribution in [1.82, 2.24) is 14.5 Å². The summed E-state index contributed by atoms with van der Waals surface area (Å²) in [6.07, 6.45) is 2.54. The average Bonchev–Trinajstić information content (AvgIpc) is 2.37. The van der Waals surface area contributed by atoms with Gasteiger partial charge in [-0.2, -0.15) is 0 Å². The van der Waals surface area contributed by atoms with Gasteiger partial charge in [0, 0.05) is 11.6 Å². The number of hydrogen-bond acceptors (Lipinski definition) is 3. The first-order valence-electron chi connectivity index (χ1n) is 6.75. The molecule has 20 heavy (non-hydrogen) atoms. The summed E-state index contributed by atoms with van der Waals surface area (Å²) >= 11 is 6.06. The Bertz CT molecular complexity index is 679. The van der Waals surface area contributed by atoms with E-state index in [4.69, 9.17) is 11.6 Å². The highest BCUT2D eigenvalue weighted by Crippen LogP contribution is 2.20. The van der Waals surface area contributed by atoms with Crippen LogP contribution < -0.4 is 5.56 Å². The Morgan fingerprint density at radius 2 is 2.10 bits per heavy atom. The van der Waals surface area contributed by atoms with Crippen molar-refractivity contribution in [1.29, 1.82) is 0 Å². The van der Waals surface area contributed by atoms with E-state index in [9.17, 15) is 4.79 Å². The SMILES string of the molecule is CC[C@H](CN(C)C)n1cnc2c(C)cc(Cl)cc2c1=O. The zero-order valence-electron chi connectivity index (χ0n) is 12.4. The van der Waals surface area contributed by atoms with E-state index in [-0.39, 0.29) is 11.6 Å². The Balaban J connectivity index is 2.62. The number of rotatable bonds is 4. The molecule has 5 heteroatoms. The van der Waals surface area contributed by atoms with Crippen LogP contribution in [0.2, 0.25) is 5.02 Å². The van der Waals surface area contributed by atoms with Crippen LogP contribution in [0.3, 0.4) is 0 Å². The standard InChI is InChI=1S/C15H20ClN3O/c1-5-12(8-18(3)4)19-9-17-14-10(2)6-11(16)7-13(14)15(19)20/h6-7,9,12H,5,8H2,1-4H3/t12-/m1/s1. The topological polar surface area (TPSA) is 38.1 Å². The fourth-order valence-electron chi connectivity index (χ4n) is 2.48. The first kappa shape index (κ1) is 15.0. The summed E-state index contributed by atoms with van der Waals surface area (Å²) in [7, 11) is 4.01. The fraction of sp³-hybridized carbons (Fsp3) is 0.467. The van der Waals surface area contributed by atoms with Crippen molar-refractivity contribution in [2.45, 2.75) is 26.3 Å². The largest absolute Gasteiger partial charge is 0.307 e. The molecular formula is C15H20ClN3O. The third-order valence-electron chi connectivity index (χ3n) is 3.48. The van der Waals surface area contributed by atoms with Crippen LogP contribution >= 0.6 is 11.6 Å². The van der Waals surface area contributed by atoms with Crippen LogP contribution in [0.5, 0.6) is 0 Å². The molecule has 0 aliphatic carbocycles. The second-order valence-electron chi connectivity index (χ2n) is 5.40. The molecule has 0 unspecified atom stereocenters. The first-order valence-corrected chi connectivity index (χ1v) is 7.13. The maximum absolute atomic E-state index is 12.7. The molecule has 1 aromatic carbocycles. The molecule has 0 N–H and O–H groups in total. The number of aromatic nitrogens is 2. The third-order valence-corrected chi connectivity index (χ3v) is 3.70. The van der Waals surface area contributed by atoms with Gasteiger partial charge in [0.25, 0.3) is 5.56 Å². The van der Waals surface area contributed by atoms with Gasteiger partial charge in [0.15, 0.2) is 0 Å². The van der Waals surface area contributed by atoms with Gasteiger partial charge in [-0.1, -0.05) is 18.5 Å². The van der Waals surface area contributed by atoms with E-state index >= 15 is 0 Å².